The van der Waals surface area contributed by atoms with Crippen molar-refractivity contribution in [3.05, 3.63) is 58.6 Å². The summed E-state index contributed by atoms with van der Waals surface area (Å²) >= 11 is 7.59. The molecule has 0 spiro atoms. The molecule has 100 valence electrons. The Morgan fingerprint density at radius 2 is 2.10 bits per heavy atom. The zero-order chi connectivity index (χ0) is 14.5. The van der Waals surface area contributed by atoms with Crippen molar-refractivity contribution in [1.82, 2.24) is 0 Å². The van der Waals surface area contributed by atoms with E-state index in [1.54, 1.807) is 36.4 Å². The van der Waals surface area contributed by atoms with E-state index in [1.807, 2.05) is 18.4 Å². The third-order valence-electron chi connectivity index (χ3n) is 2.67. The molecule has 3 nitrogen and oxygen atoms in total. The number of hydrogen-bond acceptors (Lipinski definition) is 3. The van der Waals surface area contributed by atoms with E-state index in [0.717, 1.165) is 4.90 Å². The average molecular weight is 303 g/mol. The maximum atomic E-state index is 12.2. The molecule has 0 aliphatic heterocycles. The van der Waals surface area contributed by atoms with Gasteiger partial charge >= 0.3 is 0 Å². The summed E-state index contributed by atoms with van der Waals surface area (Å²) in [7, 11) is 0. The first kappa shape index (κ1) is 14.4. The van der Waals surface area contributed by atoms with Crippen LogP contribution >= 0.6 is 23.4 Å². The van der Waals surface area contributed by atoms with Crippen LogP contribution in [-0.2, 0) is 0 Å². The summed E-state index contributed by atoms with van der Waals surface area (Å²) in [4.78, 5) is 13.2. The maximum absolute atomic E-state index is 12.2. The average Bonchev–Trinajstić information content (AvgIpc) is 2.47. The quantitative estimate of drug-likeness (QED) is 0.865. The van der Waals surface area contributed by atoms with Crippen molar-refractivity contribution in [3.8, 4) is 6.07 Å². The zero-order valence-corrected chi connectivity index (χ0v) is 12.3. The van der Waals surface area contributed by atoms with Crippen molar-refractivity contribution >= 4 is 35.0 Å². The highest BCUT2D eigenvalue weighted by Gasteiger charge is 2.11. The van der Waals surface area contributed by atoms with Crippen molar-refractivity contribution in [2.45, 2.75) is 4.90 Å². The Kier molecular flexibility index (Phi) is 4.67. The number of nitrogens with zero attached hydrogens (tertiary/aromatic N) is 1. The Balaban J connectivity index is 2.26. The third kappa shape index (κ3) is 3.32. The molecule has 0 saturated heterocycles. The number of benzene rings is 2. The molecule has 0 bridgehead atoms. The lowest BCUT2D eigenvalue weighted by Crippen LogP contribution is -2.12. The highest BCUT2D eigenvalue weighted by Crippen LogP contribution is 2.24. The first-order chi connectivity index (χ1) is 9.63. The lowest BCUT2D eigenvalue weighted by molar-refractivity contribution is 0.102. The fourth-order valence-electron chi connectivity index (χ4n) is 1.67. The minimum absolute atomic E-state index is 0.291. The van der Waals surface area contributed by atoms with Crippen LogP contribution in [0.1, 0.15) is 15.9 Å². The van der Waals surface area contributed by atoms with E-state index in [0.29, 0.717) is 21.8 Å². The molecule has 0 atom stereocenters. The van der Waals surface area contributed by atoms with Crippen LogP contribution in [0.3, 0.4) is 0 Å². The van der Waals surface area contributed by atoms with E-state index in [2.05, 4.69) is 5.32 Å². The molecule has 1 N–H and O–H groups in total. The standard InChI is InChI=1S/C15H11ClN2OS/c1-20-12-5-6-14(16)13(8-12)15(19)18-11-4-2-3-10(7-11)9-17/h2-8H,1H3,(H,18,19). The SMILES string of the molecule is CSc1ccc(Cl)c(C(=O)Nc2cccc(C#N)c2)c1. The molecule has 0 aliphatic rings. The molecule has 2 aromatic carbocycles. The number of carbonyl (C=O) groups excluding carboxylic acids is 1. The van der Waals surface area contributed by atoms with E-state index < -0.39 is 0 Å². The molecule has 0 aliphatic carbocycles. The van der Waals surface area contributed by atoms with Crippen LogP contribution in [0.25, 0.3) is 0 Å². The normalized spacial score (nSPS) is 9.85. The molecule has 1 amide bonds. The van der Waals surface area contributed by atoms with E-state index in [9.17, 15) is 4.79 Å². The highest BCUT2D eigenvalue weighted by molar-refractivity contribution is 7.98. The summed E-state index contributed by atoms with van der Waals surface area (Å²) in [5, 5.41) is 12.0. The number of amides is 1. The van der Waals surface area contributed by atoms with Crippen molar-refractivity contribution < 1.29 is 4.79 Å². The Bertz CT molecular complexity index is 695. The smallest absolute Gasteiger partial charge is 0.257 e. The molecule has 20 heavy (non-hydrogen) atoms. The number of anilines is 1. The molecule has 2 aromatic rings. The number of nitriles is 1. The summed E-state index contributed by atoms with van der Waals surface area (Å²) in [6.45, 7) is 0. The lowest BCUT2D eigenvalue weighted by Gasteiger charge is -2.08. The number of halogens is 1. The van der Waals surface area contributed by atoms with Gasteiger partial charge in [0.2, 0.25) is 0 Å². The van der Waals surface area contributed by atoms with Crippen LogP contribution in [0.2, 0.25) is 5.02 Å². The molecule has 0 radical (unpaired) electrons. The van der Waals surface area contributed by atoms with E-state index >= 15 is 0 Å². The van der Waals surface area contributed by atoms with Crippen molar-refractivity contribution in [2.75, 3.05) is 11.6 Å². The fraction of sp³-hybridized carbons (Fsp3) is 0.0667. The van der Waals surface area contributed by atoms with Crippen LogP contribution in [0.5, 0.6) is 0 Å². The second-order valence-corrected chi connectivity index (χ2v) is 5.28. The minimum Gasteiger partial charge on any atom is -0.322 e. The number of nitrogens with one attached hydrogen (secondary N) is 1. The molecule has 2 rings (SSSR count). The molecule has 0 heterocycles. The number of hydrogen-bond donors (Lipinski definition) is 1. The fourth-order valence-corrected chi connectivity index (χ4v) is 2.31. The third-order valence-corrected chi connectivity index (χ3v) is 3.72. The van der Waals surface area contributed by atoms with Crippen LogP contribution < -0.4 is 5.32 Å². The molecule has 0 fully saturated rings. The van der Waals surface area contributed by atoms with Crippen molar-refractivity contribution in [3.63, 3.8) is 0 Å². The molecule has 0 saturated carbocycles. The summed E-state index contributed by atoms with van der Waals surface area (Å²) in [5.74, 6) is -0.291. The summed E-state index contributed by atoms with van der Waals surface area (Å²) < 4.78 is 0. The van der Waals surface area contributed by atoms with Gasteiger partial charge in [-0.15, -0.1) is 11.8 Å². The molecular formula is C15H11ClN2OS. The van der Waals surface area contributed by atoms with Crippen molar-refractivity contribution in [1.29, 1.82) is 5.26 Å². The van der Waals surface area contributed by atoms with Gasteiger partial charge in [0.25, 0.3) is 5.91 Å². The number of thioether (sulfide) groups is 1. The van der Waals surface area contributed by atoms with Gasteiger partial charge in [0.15, 0.2) is 0 Å². The highest BCUT2D eigenvalue weighted by atomic mass is 35.5. The van der Waals surface area contributed by atoms with E-state index in [1.165, 1.54) is 11.8 Å². The monoisotopic (exact) mass is 302 g/mol. The second-order valence-electron chi connectivity index (χ2n) is 3.99. The first-order valence-corrected chi connectivity index (χ1v) is 7.39. The van der Waals surface area contributed by atoms with E-state index in [4.69, 9.17) is 16.9 Å². The van der Waals surface area contributed by atoms with Gasteiger partial charge in [0, 0.05) is 10.6 Å². The maximum Gasteiger partial charge on any atom is 0.257 e. The van der Waals surface area contributed by atoms with Crippen molar-refractivity contribution in [2.24, 2.45) is 0 Å². The summed E-state index contributed by atoms with van der Waals surface area (Å²) in [5.41, 5.74) is 1.48. The molecular weight excluding hydrogens is 292 g/mol. The summed E-state index contributed by atoms with van der Waals surface area (Å²) in [6, 6.07) is 14.1. The largest absolute Gasteiger partial charge is 0.322 e. The zero-order valence-electron chi connectivity index (χ0n) is 10.7. The van der Waals surface area contributed by atoms with Gasteiger partial charge in [-0.1, -0.05) is 17.7 Å². The minimum atomic E-state index is -0.291. The Hall–Kier alpha value is -1.96. The van der Waals surface area contributed by atoms with Gasteiger partial charge in [-0.2, -0.15) is 5.26 Å². The second kappa shape index (κ2) is 6.47. The number of rotatable bonds is 3. The van der Waals surface area contributed by atoms with Gasteiger partial charge in [-0.3, -0.25) is 4.79 Å². The Labute approximate surface area is 126 Å². The van der Waals surface area contributed by atoms with Gasteiger partial charge in [-0.05, 0) is 42.7 Å². The van der Waals surface area contributed by atoms with Gasteiger partial charge in [0.1, 0.15) is 0 Å². The van der Waals surface area contributed by atoms with Crippen LogP contribution in [0, 0.1) is 11.3 Å². The Morgan fingerprint density at radius 1 is 1.30 bits per heavy atom. The topological polar surface area (TPSA) is 52.9 Å². The first-order valence-electron chi connectivity index (χ1n) is 5.79. The molecule has 0 unspecified atom stereocenters. The molecule has 5 heteroatoms. The van der Waals surface area contributed by atoms with Crippen LogP contribution in [-0.4, -0.2) is 12.2 Å². The van der Waals surface area contributed by atoms with Gasteiger partial charge < -0.3 is 5.32 Å². The van der Waals surface area contributed by atoms with Gasteiger partial charge in [0.05, 0.1) is 22.2 Å². The molecule has 0 aromatic heterocycles. The number of carbonyl (C=O) groups is 1. The Morgan fingerprint density at radius 3 is 2.80 bits per heavy atom. The predicted octanol–water partition coefficient (Wildman–Crippen LogP) is 4.19. The van der Waals surface area contributed by atoms with Gasteiger partial charge in [-0.25, -0.2) is 0 Å². The predicted molar refractivity (Wildman–Crippen MR) is 82.3 cm³/mol. The summed E-state index contributed by atoms with van der Waals surface area (Å²) in [6.07, 6.45) is 1.93. The van der Waals surface area contributed by atoms with E-state index in [-0.39, 0.29) is 5.91 Å². The van der Waals surface area contributed by atoms with Crippen LogP contribution in [0.15, 0.2) is 47.4 Å². The lowest BCUT2D eigenvalue weighted by atomic mass is 10.2. The van der Waals surface area contributed by atoms with Crippen LogP contribution in [0.4, 0.5) is 5.69 Å².